The Balaban J connectivity index is 1.58. The number of aliphatic hydroxyl groups is 1. The average molecular weight is 525 g/mol. The Morgan fingerprint density at radius 2 is 1.84 bits per heavy atom. The Labute approximate surface area is 227 Å². The van der Waals surface area contributed by atoms with Crippen molar-refractivity contribution in [2.45, 2.75) is 82.2 Å². The molecule has 7 nitrogen and oxygen atoms in total. The lowest BCUT2D eigenvalue weighted by atomic mass is 9.94. The third-order valence-corrected chi connectivity index (χ3v) is 7.96. The van der Waals surface area contributed by atoms with E-state index in [1.807, 2.05) is 36.4 Å². The SMILES string of the molecule is C=CCCC(Cc1ccccc1)C(=O)OCC1CCCN1C(=O)C(CC=C)CC(=O)NC1(CO)CCCC1. The van der Waals surface area contributed by atoms with Crippen LogP contribution in [0.25, 0.3) is 0 Å². The second-order valence-electron chi connectivity index (χ2n) is 10.8. The minimum absolute atomic E-state index is 0.0519. The fraction of sp³-hybridized carbons (Fsp3) is 0.581. The predicted octanol–water partition coefficient (Wildman–Crippen LogP) is 4.35. The molecule has 2 aliphatic rings. The van der Waals surface area contributed by atoms with Gasteiger partial charge < -0.3 is 20.1 Å². The van der Waals surface area contributed by atoms with E-state index in [0.29, 0.717) is 25.8 Å². The topological polar surface area (TPSA) is 95.9 Å². The number of allylic oxidation sites excluding steroid dienone is 2. The van der Waals surface area contributed by atoms with Crippen molar-refractivity contribution in [1.82, 2.24) is 10.2 Å². The lowest BCUT2D eigenvalue weighted by Crippen LogP contribution is -2.50. The average Bonchev–Trinajstić information content (AvgIpc) is 3.59. The molecule has 38 heavy (non-hydrogen) atoms. The molecule has 3 unspecified atom stereocenters. The molecule has 2 fully saturated rings. The van der Waals surface area contributed by atoms with Gasteiger partial charge in [0.1, 0.15) is 6.61 Å². The molecule has 3 rings (SSSR count). The van der Waals surface area contributed by atoms with Crippen molar-refractivity contribution in [2.75, 3.05) is 19.8 Å². The van der Waals surface area contributed by atoms with Gasteiger partial charge in [-0.2, -0.15) is 0 Å². The maximum atomic E-state index is 13.5. The molecule has 0 bridgehead atoms. The molecule has 3 atom stereocenters. The summed E-state index contributed by atoms with van der Waals surface area (Å²) in [5.74, 6) is -1.36. The van der Waals surface area contributed by atoms with E-state index in [-0.39, 0.29) is 49.4 Å². The van der Waals surface area contributed by atoms with Crippen LogP contribution in [0.3, 0.4) is 0 Å². The highest BCUT2D eigenvalue weighted by molar-refractivity contribution is 5.86. The number of rotatable bonds is 15. The van der Waals surface area contributed by atoms with Crippen molar-refractivity contribution in [3.63, 3.8) is 0 Å². The first kappa shape index (κ1) is 29.6. The molecule has 0 aromatic heterocycles. The van der Waals surface area contributed by atoms with Gasteiger partial charge in [-0.1, -0.05) is 55.3 Å². The fourth-order valence-electron chi connectivity index (χ4n) is 5.77. The molecular formula is C31H44N2O5. The number of hydrogen-bond donors (Lipinski definition) is 2. The zero-order chi connectivity index (χ0) is 27.4. The third kappa shape index (κ3) is 8.29. The second-order valence-corrected chi connectivity index (χ2v) is 10.8. The van der Waals surface area contributed by atoms with Crippen molar-refractivity contribution < 1.29 is 24.2 Å². The number of benzene rings is 1. The van der Waals surface area contributed by atoms with Crippen molar-refractivity contribution in [3.05, 3.63) is 61.2 Å². The molecule has 0 radical (unpaired) electrons. The number of likely N-dealkylation sites (tertiary alicyclic amines) is 1. The molecule has 1 aromatic rings. The van der Waals surface area contributed by atoms with Crippen LogP contribution < -0.4 is 5.32 Å². The minimum atomic E-state index is -0.564. The molecule has 1 aliphatic heterocycles. The molecule has 0 spiro atoms. The van der Waals surface area contributed by atoms with Crippen LogP contribution >= 0.6 is 0 Å². The van der Waals surface area contributed by atoms with Crippen LogP contribution in [0.15, 0.2) is 55.6 Å². The Kier molecular flexibility index (Phi) is 11.6. The van der Waals surface area contributed by atoms with Gasteiger partial charge in [-0.25, -0.2) is 0 Å². The smallest absolute Gasteiger partial charge is 0.309 e. The first-order valence-electron chi connectivity index (χ1n) is 14.1. The Morgan fingerprint density at radius 1 is 1.11 bits per heavy atom. The van der Waals surface area contributed by atoms with Crippen molar-refractivity contribution in [3.8, 4) is 0 Å². The van der Waals surface area contributed by atoms with Crippen LogP contribution in [-0.4, -0.2) is 59.1 Å². The molecule has 1 aliphatic carbocycles. The summed E-state index contributed by atoms with van der Waals surface area (Å²) in [7, 11) is 0. The van der Waals surface area contributed by atoms with Crippen molar-refractivity contribution in [1.29, 1.82) is 0 Å². The normalized spacial score (nSPS) is 19.9. The Hall–Kier alpha value is -2.93. The minimum Gasteiger partial charge on any atom is -0.463 e. The molecule has 1 saturated heterocycles. The number of carbonyl (C=O) groups excluding carboxylic acids is 3. The number of nitrogens with zero attached hydrogens (tertiary/aromatic N) is 1. The zero-order valence-corrected chi connectivity index (χ0v) is 22.6. The highest BCUT2D eigenvalue weighted by atomic mass is 16.5. The summed E-state index contributed by atoms with van der Waals surface area (Å²) >= 11 is 0. The number of esters is 1. The molecule has 1 aromatic carbocycles. The van der Waals surface area contributed by atoms with Gasteiger partial charge >= 0.3 is 5.97 Å². The summed E-state index contributed by atoms with van der Waals surface area (Å²) in [6.45, 7) is 8.22. The predicted molar refractivity (Wildman–Crippen MR) is 148 cm³/mol. The van der Waals surface area contributed by atoms with Gasteiger partial charge in [0.25, 0.3) is 0 Å². The van der Waals surface area contributed by atoms with Gasteiger partial charge in [0.15, 0.2) is 0 Å². The van der Waals surface area contributed by atoms with E-state index in [0.717, 1.165) is 50.5 Å². The van der Waals surface area contributed by atoms with E-state index >= 15 is 0 Å². The van der Waals surface area contributed by atoms with Crippen LogP contribution in [-0.2, 0) is 25.5 Å². The van der Waals surface area contributed by atoms with E-state index in [1.54, 1.807) is 11.0 Å². The summed E-state index contributed by atoms with van der Waals surface area (Å²) in [5.41, 5.74) is 0.521. The molecular weight excluding hydrogens is 480 g/mol. The van der Waals surface area contributed by atoms with E-state index < -0.39 is 11.5 Å². The maximum Gasteiger partial charge on any atom is 0.309 e. The van der Waals surface area contributed by atoms with Crippen LogP contribution in [0.1, 0.15) is 69.8 Å². The van der Waals surface area contributed by atoms with Crippen LogP contribution in [0.2, 0.25) is 0 Å². The molecule has 2 amide bonds. The van der Waals surface area contributed by atoms with Crippen LogP contribution in [0, 0.1) is 11.8 Å². The largest absolute Gasteiger partial charge is 0.463 e. The molecule has 1 heterocycles. The molecule has 7 heteroatoms. The van der Waals surface area contributed by atoms with E-state index in [2.05, 4.69) is 18.5 Å². The number of hydrogen-bond acceptors (Lipinski definition) is 5. The monoisotopic (exact) mass is 524 g/mol. The van der Waals surface area contributed by atoms with Gasteiger partial charge in [-0.3, -0.25) is 14.4 Å². The van der Waals surface area contributed by atoms with Crippen LogP contribution in [0.4, 0.5) is 0 Å². The van der Waals surface area contributed by atoms with Gasteiger partial charge in [-0.15, -0.1) is 13.2 Å². The highest BCUT2D eigenvalue weighted by Crippen LogP contribution is 2.30. The van der Waals surface area contributed by atoms with E-state index in [4.69, 9.17) is 4.74 Å². The Bertz CT molecular complexity index is 941. The number of amides is 2. The standard InChI is InChI=1S/C31H44N2O5/c1-3-5-15-26(20-24-13-7-6-8-14-24)30(37)38-22-27-16-11-19-33(27)29(36)25(12-4-2)21-28(35)32-31(23-34)17-9-10-18-31/h3-4,6-8,13-14,25-27,34H,1-2,5,9-12,15-23H2,(H,32,35). The van der Waals surface area contributed by atoms with Gasteiger partial charge in [-0.05, 0) is 56.9 Å². The summed E-state index contributed by atoms with van der Waals surface area (Å²) in [5, 5.41) is 12.8. The molecule has 2 N–H and O–H groups in total. The number of carbonyl (C=O) groups is 3. The lowest BCUT2D eigenvalue weighted by Gasteiger charge is -2.31. The maximum absolute atomic E-state index is 13.5. The summed E-state index contributed by atoms with van der Waals surface area (Å²) in [6, 6.07) is 9.70. The number of aliphatic hydroxyl groups excluding tert-OH is 1. The summed E-state index contributed by atoms with van der Waals surface area (Å²) < 4.78 is 5.78. The fourth-order valence-corrected chi connectivity index (χ4v) is 5.77. The first-order chi connectivity index (χ1) is 18.4. The number of ether oxygens (including phenoxy) is 1. The van der Waals surface area contributed by atoms with Crippen molar-refractivity contribution >= 4 is 17.8 Å². The van der Waals surface area contributed by atoms with Gasteiger partial charge in [0.05, 0.1) is 30.0 Å². The Morgan fingerprint density at radius 3 is 2.50 bits per heavy atom. The number of nitrogens with one attached hydrogen (secondary N) is 1. The summed E-state index contributed by atoms with van der Waals surface area (Å²) in [6.07, 6.45) is 11.0. The van der Waals surface area contributed by atoms with Gasteiger partial charge in [0.2, 0.25) is 11.8 Å². The lowest BCUT2D eigenvalue weighted by molar-refractivity contribution is -0.152. The molecule has 1 saturated carbocycles. The first-order valence-corrected chi connectivity index (χ1v) is 14.1. The van der Waals surface area contributed by atoms with Crippen molar-refractivity contribution in [2.24, 2.45) is 11.8 Å². The highest BCUT2D eigenvalue weighted by Gasteiger charge is 2.38. The zero-order valence-electron chi connectivity index (χ0n) is 22.6. The van der Waals surface area contributed by atoms with E-state index in [1.165, 1.54) is 0 Å². The summed E-state index contributed by atoms with van der Waals surface area (Å²) in [4.78, 5) is 41.2. The third-order valence-electron chi connectivity index (χ3n) is 7.96. The van der Waals surface area contributed by atoms with Crippen LogP contribution in [0.5, 0.6) is 0 Å². The van der Waals surface area contributed by atoms with E-state index in [9.17, 15) is 19.5 Å². The molecule has 208 valence electrons. The van der Waals surface area contributed by atoms with Gasteiger partial charge in [0, 0.05) is 13.0 Å². The second kappa shape index (κ2) is 14.9. The quantitative estimate of drug-likeness (QED) is 0.263.